The number of benzene rings is 2. The average molecular weight is 450 g/mol. The number of thioether (sulfide) groups is 1. The van der Waals surface area contributed by atoms with E-state index in [9.17, 15) is 4.79 Å². The van der Waals surface area contributed by atoms with E-state index >= 15 is 0 Å². The summed E-state index contributed by atoms with van der Waals surface area (Å²) in [5, 5.41) is 3.36. The number of aromatic nitrogens is 3. The van der Waals surface area contributed by atoms with E-state index in [0.29, 0.717) is 16.0 Å². The van der Waals surface area contributed by atoms with Crippen molar-refractivity contribution in [3.63, 3.8) is 0 Å². The van der Waals surface area contributed by atoms with Crippen LogP contribution in [0.15, 0.2) is 65.3 Å². The number of amides is 1. The minimum Gasteiger partial charge on any atom is -0.337 e. The predicted molar refractivity (Wildman–Crippen MR) is 128 cm³/mol. The normalized spacial score (nSPS) is 10.9. The highest BCUT2D eigenvalue weighted by Gasteiger charge is 2.20. The zero-order valence-electron chi connectivity index (χ0n) is 17.6. The number of nitrogens with two attached hydrogens (primary N) is 1. The molecule has 6 nitrogen and oxygen atoms in total. The van der Waals surface area contributed by atoms with Crippen molar-refractivity contribution in [3.05, 3.63) is 76.9 Å². The summed E-state index contributed by atoms with van der Waals surface area (Å²) < 4.78 is 1.54. The minimum atomic E-state index is -0.0627. The van der Waals surface area contributed by atoms with Gasteiger partial charge in [-0.25, -0.2) is 14.6 Å². The third-order valence-electron chi connectivity index (χ3n) is 4.98. The lowest BCUT2D eigenvalue weighted by molar-refractivity contribution is -0.115. The summed E-state index contributed by atoms with van der Waals surface area (Å²) in [5.74, 6) is 6.65. The second-order valence-electron chi connectivity index (χ2n) is 7.17. The van der Waals surface area contributed by atoms with Crippen LogP contribution in [-0.2, 0) is 10.5 Å². The van der Waals surface area contributed by atoms with Crippen LogP contribution in [0.2, 0.25) is 0 Å². The van der Waals surface area contributed by atoms with E-state index in [0.717, 1.165) is 33.8 Å². The topological polar surface area (TPSA) is 77.0 Å². The second kappa shape index (κ2) is 8.95. The summed E-state index contributed by atoms with van der Waals surface area (Å²) in [7, 11) is 0. The Balaban J connectivity index is 1.52. The Bertz CT molecular complexity index is 1220. The van der Waals surface area contributed by atoms with Gasteiger partial charge in [-0.3, -0.25) is 9.69 Å². The zero-order valence-corrected chi connectivity index (χ0v) is 19.2. The molecular weight excluding hydrogens is 426 g/mol. The number of hydrogen-bond donors (Lipinski definition) is 1. The smallest absolute Gasteiger partial charge is 0.230 e. The maximum absolute atomic E-state index is 12.4. The largest absolute Gasteiger partial charge is 0.337 e. The molecular formula is C23H23N5OS2. The number of imidazole rings is 1. The number of nitrogen functional groups attached to an aromatic ring is 1. The average Bonchev–Trinajstić information content (AvgIpc) is 3.37. The van der Waals surface area contributed by atoms with Gasteiger partial charge in [0.15, 0.2) is 10.3 Å². The molecule has 0 unspecified atom stereocenters. The Kier molecular flexibility index (Phi) is 6.11. The summed E-state index contributed by atoms with van der Waals surface area (Å²) in [6, 6.07) is 15.9. The summed E-state index contributed by atoms with van der Waals surface area (Å²) in [6.45, 7) is 5.63. The van der Waals surface area contributed by atoms with Crippen molar-refractivity contribution in [2.24, 2.45) is 0 Å². The third-order valence-corrected chi connectivity index (χ3v) is 6.85. The van der Waals surface area contributed by atoms with Gasteiger partial charge in [-0.05, 0) is 31.0 Å². The first kappa shape index (κ1) is 21.1. The van der Waals surface area contributed by atoms with Crippen LogP contribution in [0.3, 0.4) is 0 Å². The van der Waals surface area contributed by atoms with Crippen LogP contribution < -0.4 is 10.7 Å². The Hall–Kier alpha value is -3.10. The van der Waals surface area contributed by atoms with Gasteiger partial charge in [-0.2, -0.15) is 0 Å². The van der Waals surface area contributed by atoms with Gasteiger partial charge in [0.05, 0.1) is 23.3 Å². The van der Waals surface area contributed by atoms with Gasteiger partial charge in [0.25, 0.3) is 0 Å². The van der Waals surface area contributed by atoms with Gasteiger partial charge in [-0.1, -0.05) is 54.2 Å². The van der Waals surface area contributed by atoms with Crippen LogP contribution in [0.5, 0.6) is 0 Å². The molecule has 2 aromatic heterocycles. The molecule has 0 aliphatic heterocycles. The first-order chi connectivity index (χ1) is 14.9. The molecule has 0 atom stereocenters. The van der Waals surface area contributed by atoms with Crippen molar-refractivity contribution in [1.82, 2.24) is 14.6 Å². The van der Waals surface area contributed by atoms with Gasteiger partial charge in [0.2, 0.25) is 5.91 Å². The Morgan fingerprint density at radius 1 is 1.13 bits per heavy atom. The molecule has 0 saturated heterocycles. The van der Waals surface area contributed by atoms with E-state index in [1.807, 2.05) is 74.0 Å². The van der Waals surface area contributed by atoms with E-state index in [1.54, 1.807) is 11.8 Å². The maximum atomic E-state index is 12.4. The molecule has 2 heterocycles. The number of hydrogen-bond acceptors (Lipinski definition) is 6. The van der Waals surface area contributed by atoms with Crippen molar-refractivity contribution >= 4 is 39.8 Å². The molecule has 0 spiro atoms. The number of carbonyl (C=O) groups excluding carboxylic acids is 1. The molecule has 8 heteroatoms. The fourth-order valence-electron chi connectivity index (χ4n) is 3.22. The van der Waals surface area contributed by atoms with Gasteiger partial charge in [0, 0.05) is 23.6 Å². The molecule has 0 aliphatic carbocycles. The van der Waals surface area contributed by atoms with E-state index in [1.165, 1.54) is 27.8 Å². The van der Waals surface area contributed by atoms with Crippen molar-refractivity contribution < 1.29 is 4.79 Å². The highest BCUT2D eigenvalue weighted by Crippen LogP contribution is 2.34. The van der Waals surface area contributed by atoms with Gasteiger partial charge in [-0.15, -0.1) is 11.3 Å². The van der Waals surface area contributed by atoms with Crippen LogP contribution in [0.1, 0.15) is 23.7 Å². The molecule has 0 radical (unpaired) electrons. The lowest BCUT2D eigenvalue weighted by atomic mass is 10.1. The van der Waals surface area contributed by atoms with Crippen molar-refractivity contribution in [3.8, 4) is 11.3 Å². The monoisotopic (exact) mass is 449 g/mol. The fraction of sp³-hybridized carbons (Fsp3) is 0.174. The summed E-state index contributed by atoms with van der Waals surface area (Å²) in [5.41, 5.74) is 5.82. The first-order valence-corrected chi connectivity index (χ1v) is 11.6. The molecule has 0 bridgehead atoms. The highest BCUT2D eigenvalue weighted by atomic mass is 32.2. The highest BCUT2D eigenvalue weighted by molar-refractivity contribution is 7.98. The number of carbonyl (C=O) groups is 1. The summed E-state index contributed by atoms with van der Waals surface area (Å²) in [6.07, 6.45) is 1.82. The Labute approximate surface area is 189 Å². The van der Waals surface area contributed by atoms with Gasteiger partial charge < -0.3 is 5.84 Å². The first-order valence-electron chi connectivity index (χ1n) is 9.78. The number of thiazole rings is 1. The maximum Gasteiger partial charge on any atom is 0.230 e. The Morgan fingerprint density at radius 2 is 1.90 bits per heavy atom. The van der Waals surface area contributed by atoms with E-state index in [-0.39, 0.29) is 5.91 Å². The molecule has 158 valence electrons. The Morgan fingerprint density at radius 3 is 2.65 bits per heavy atom. The molecule has 31 heavy (non-hydrogen) atoms. The molecule has 4 aromatic rings. The zero-order chi connectivity index (χ0) is 22.0. The second-order valence-corrected chi connectivity index (χ2v) is 8.94. The lowest BCUT2D eigenvalue weighted by Gasteiger charge is -2.21. The minimum absolute atomic E-state index is 0.0627. The molecule has 0 fully saturated rings. The van der Waals surface area contributed by atoms with Crippen molar-refractivity contribution in [1.29, 1.82) is 0 Å². The number of anilines is 2. The van der Waals surface area contributed by atoms with Gasteiger partial charge in [0.1, 0.15) is 0 Å². The molecule has 1 amide bonds. The van der Waals surface area contributed by atoms with E-state index in [4.69, 9.17) is 10.8 Å². The number of rotatable bonds is 6. The van der Waals surface area contributed by atoms with Crippen molar-refractivity contribution in [2.45, 2.75) is 31.7 Å². The SMILES string of the molecule is CC(=O)N(c1nc(CSc2nc(-c3ccccc3)cn2N)cs1)c1cccc(C)c1C. The standard InChI is InChI=1S/C23H23N5OS2/c1-15-8-7-11-21(16(15)2)28(17(3)29)23-25-19(14-31-23)13-30-22-26-20(12-27(22)24)18-9-5-4-6-10-18/h4-12,14H,13,24H2,1-3H3. The van der Waals surface area contributed by atoms with E-state index < -0.39 is 0 Å². The summed E-state index contributed by atoms with van der Waals surface area (Å²) >= 11 is 2.98. The summed E-state index contributed by atoms with van der Waals surface area (Å²) in [4.78, 5) is 23.5. The van der Waals surface area contributed by atoms with Crippen LogP contribution >= 0.6 is 23.1 Å². The van der Waals surface area contributed by atoms with Crippen molar-refractivity contribution in [2.75, 3.05) is 10.7 Å². The van der Waals surface area contributed by atoms with Crippen LogP contribution in [0.4, 0.5) is 10.8 Å². The molecule has 0 aliphatic rings. The molecule has 2 aromatic carbocycles. The van der Waals surface area contributed by atoms with Crippen LogP contribution in [-0.4, -0.2) is 20.6 Å². The number of nitrogens with zero attached hydrogens (tertiary/aromatic N) is 4. The quantitative estimate of drug-likeness (QED) is 0.319. The lowest BCUT2D eigenvalue weighted by Crippen LogP contribution is -2.23. The van der Waals surface area contributed by atoms with Gasteiger partial charge >= 0.3 is 0 Å². The van der Waals surface area contributed by atoms with Crippen LogP contribution in [0.25, 0.3) is 11.3 Å². The third kappa shape index (κ3) is 4.50. The number of aryl methyl sites for hydroxylation is 1. The van der Waals surface area contributed by atoms with E-state index in [2.05, 4.69) is 4.98 Å². The molecule has 2 N–H and O–H groups in total. The fourth-order valence-corrected chi connectivity index (χ4v) is 5.00. The van der Waals surface area contributed by atoms with Crippen LogP contribution in [0, 0.1) is 13.8 Å². The predicted octanol–water partition coefficient (Wildman–Crippen LogP) is 5.31. The molecule has 0 saturated carbocycles. The molecule has 4 rings (SSSR count).